The molecule has 1 aliphatic rings. The number of methoxy groups -OCH3 is 1. The lowest BCUT2D eigenvalue weighted by Crippen LogP contribution is -2.55. The van der Waals surface area contributed by atoms with Crippen LogP contribution in [0.2, 0.25) is 0 Å². The molecular weight excluding hydrogens is 424 g/mol. The van der Waals surface area contributed by atoms with E-state index in [1.165, 1.54) is 25.3 Å². The molecule has 1 fully saturated rings. The van der Waals surface area contributed by atoms with Crippen molar-refractivity contribution in [2.75, 3.05) is 13.7 Å². The van der Waals surface area contributed by atoms with Crippen LogP contribution in [0, 0.1) is 0 Å². The maximum Gasteiger partial charge on any atom is 0.197 e. The number of aliphatic hydroxyl groups excluding tert-OH is 4. The number of phenols is 2. The number of hydrogen-bond acceptors (Lipinski definition) is 10. The van der Waals surface area contributed by atoms with Crippen LogP contribution in [0.1, 0.15) is 11.7 Å². The van der Waals surface area contributed by atoms with Gasteiger partial charge in [0.1, 0.15) is 64.5 Å². The van der Waals surface area contributed by atoms with E-state index in [2.05, 4.69) is 0 Å². The van der Waals surface area contributed by atoms with Crippen LogP contribution >= 0.6 is 0 Å². The monoisotopic (exact) mass is 446 g/mol. The van der Waals surface area contributed by atoms with E-state index in [1.807, 2.05) is 0 Å². The lowest BCUT2D eigenvalue weighted by molar-refractivity contribution is -0.232. The zero-order chi connectivity index (χ0) is 23.2. The molecule has 0 unspecified atom stereocenters. The average molecular weight is 446 g/mol. The second-order valence-electron chi connectivity index (χ2n) is 7.49. The molecule has 0 amide bonds. The van der Waals surface area contributed by atoms with Gasteiger partial charge < -0.3 is 44.5 Å². The van der Waals surface area contributed by atoms with Crippen molar-refractivity contribution in [3.8, 4) is 28.6 Å². The summed E-state index contributed by atoms with van der Waals surface area (Å²) in [6, 6.07) is 8.46. The summed E-state index contributed by atoms with van der Waals surface area (Å²) in [6.07, 6.45) is -7.59. The van der Waals surface area contributed by atoms with Crippen LogP contribution in [0.5, 0.6) is 17.2 Å². The van der Waals surface area contributed by atoms with Crippen LogP contribution in [0.25, 0.3) is 22.3 Å². The highest BCUT2D eigenvalue weighted by Gasteiger charge is 2.46. The molecule has 32 heavy (non-hydrogen) atoms. The highest BCUT2D eigenvalue weighted by atomic mass is 16.5. The third-order valence-electron chi connectivity index (χ3n) is 5.54. The third-order valence-corrected chi connectivity index (χ3v) is 5.54. The molecule has 170 valence electrons. The molecule has 5 atom stereocenters. The minimum atomic E-state index is -1.69. The van der Waals surface area contributed by atoms with Crippen molar-refractivity contribution in [3.05, 3.63) is 52.2 Å². The topological polar surface area (TPSA) is 170 Å². The minimum absolute atomic E-state index is 0.00895. The van der Waals surface area contributed by atoms with E-state index in [4.69, 9.17) is 13.9 Å². The Bertz CT molecular complexity index is 1180. The van der Waals surface area contributed by atoms with Crippen molar-refractivity contribution in [1.29, 1.82) is 0 Å². The molecule has 6 N–H and O–H groups in total. The highest BCUT2D eigenvalue weighted by Crippen LogP contribution is 2.45. The van der Waals surface area contributed by atoms with Gasteiger partial charge in [0.05, 0.1) is 19.3 Å². The SMILES string of the molecule is COc1cc2oc(-c3ccc(O)cc3)cc(=O)c2c(O)c1[C@@H]1O[C@H](CO)[C@@H](O)[C@H](O)[C@H]1O. The largest absolute Gasteiger partial charge is 0.508 e. The molecule has 0 saturated carbocycles. The van der Waals surface area contributed by atoms with Gasteiger partial charge >= 0.3 is 0 Å². The number of ether oxygens (including phenoxy) is 2. The van der Waals surface area contributed by atoms with E-state index < -0.39 is 48.3 Å². The minimum Gasteiger partial charge on any atom is -0.508 e. The first-order chi connectivity index (χ1) is 15.3. The number of hydrogen-bond donors (Lipinski definition) is 6. The second kappa shape index (κ2) is 8.41. The number of aromatic hydroxyl groups is 2. The molecule has 0 radical (unpaired) electrons. The Kier molecular flexibility index (Phi) is 5.80. The number of phenolic OH excluding ortho intramolecular Hbond substituents is 2. The van der Waals surface area contributed by atoms with Crippen molar-refractivity contribution in [3.63, 3.8) is 0 Å². The van der Waals surface area contributed by atoms with Crippen molar-refractivity contribution in [2.45, 2.75) is 30.5 Å². The zero-order valence-corrected chi connectivity index (χ0v) is 16.9. The third kappa shape index (κ3) is 3.57. The van der Waals surface area contributed by atoms with Crippen LogP contribution in [0.15, 0.2) is 45.6 Å². The van der Waals surface area contributed by atoms with Gasteiger partial charge in [-0.2, -0.15) is 0 Å². The van der Waals surface area contributed by atoms with Gasteiger partial charge in [-0.15, -0.1) is 0 Å². The smallest absolute Gasteiger partial charge is 0.197 e. The first-order valence-electron chi connectivity index (χ1n) is 9.74. The van der Waals surface area contributed by atoms with Crippen molar-refractivity contribution in [2.24, 2.45) is 0 Å². The quantitative estimate of drug-likeness (QED) is 0.330. The molecular formula is C22H22O10. The maximum absolute atomic E-state index is 12.9. The highest BCUT2D eigenvalue weighted by molar-refractivity contribution is 5.88. The number of rotatable bonds is 4. The summed E-state index contributed by atoms with van der Waals surface area (Å²) in [4.78, 5) is 12.9. The van der Waals surface area contributed by atoms with Gasteiger partial charge in [-0.3, -0.25) is 4.79 Å². The van der Waals surface area contributed by atoms with Crippen LogP contribution in [-0.4, -0.2) is 68.8 Å². The fourth-order valence-corrected chi connectivity index (χ4v) is 3.85. The summed E-state index contributed by atoms with van der Waals surface area (Å²) in [5, 5.41) is 60.3. The second-order valence-corrected chi connectivity index (χ2v) is 7.49. The molecule has 10 heteroatoms. The van der Waals surface area contributed by atoms with Crippen LogP contribution in [-0.2, 0) is 4.74 Å². The fraction of sp³-hybridized carbons (Fsp3) is 0.318. The molecule has 2 aromatic carbocycles. The Balaban J connectivity index is 1.89. The number of aliphatic hydroxyl groups is 4. The van der Waals surface area contributed by atoms with Gasteiger partial charge in [0.2, 0.25) is 0 Å². The Morgan fingerprint density at radius 2 is 1.69 bits per heavy atom. The van der Waals surface area contributed by atoms with Crippen LogP contribution < -0.4 is 10.2 Å². The molecule has 4 rings (SSSR count). The molecule has 1 saturated heterocycles. The van der Waals surface area contributed by atoms with Gasteiger partial charge in [0, 0.05) is 17.7 Å². The molecule has 0 spiro atoms. The number of fused-ring (bicyclic) bond motifs is 1. The Morgan fingerprint density at radius 3 is 2.31 bits per heavy atom. The fourth-order valence-electron chi connectivity index (χ4n) is 3.85. The predicted octanol–water partition coefficient (Wildman–Crippen LogP) is 0.395. The maximum atomic E-state index is 12.9. The van der Waals surface area contributed by atoms with Gasteiger partial charge in [-0.05, 0) is 24.3 Å². The molecule has 0 aliphatic carbocycles. The van der Waals surface area contributed by atoms with Gasteiger partial charge in [0.15, 0.2) is 5.43 Å². The molecule has 1 aliphatic heterocycles. The molecule has 2 heterocycles. The zero-order valence-electron chi connectivity index (χ0n) is 16.9. The van der Waals surface area contributed by atoms with E-state index in [-0.39, 0.29) is 33.8 Å². The Morgan fingerprint density at radius 1 is 1.00 bits per heavy atom. The van der Waals surface area contributed by atoms with Gasteiger partial charge in [-0.25, -0.2) is 0 Å². The van der Waals surface area contributed by atoms with E-state index >= 15 is 0 Å². The summed E-state index contributed by atoms with van der Waals surface area (Å²) in [5.74, 6) is -0.370. The summed E-state index contributed by atoms with van der Waals surface area (Å²) >= 11 is 0. The van der Waals surface area contributed by atoms with Crippen LogP contribution in [0.3, 0.4) is 0 Å². The van der Waals surface area contributed by atoms with Crippen molar-refractivity contribution < 1.29 is 44.5 Å². The normalized spacial score (nSPS) is 25.7. The van der Waals surface area contributed by atoms with E-state index in [0.717, 1.165) is 6.07 Å². The van der Waals surface area contributed by atoms with E-state index in [9.17, 15) is 35.4 Å². The summed E-state index contributed by atoms with van der Waals surface area (Å²) in [7, 11) is 1.29. The standard InChI is InChI=1S/C22H22O10/c1-30-13-7-14-16(11(25)6-12(31-14)9-2-4-10(24)5-3-9)19(27)17(13)22-21(29)20(28)18(26)15(8-23)32-22/h2-7,15,18,20-24,26-29H,8H2,1H3/t15-,18-,20+,21-,22+/m1/s1. The van der Waals surface area contributed by atoms with E-state index in [0.29, 0.717) is 5.56 Å². The van der Waals surface area contributed by atoms with Gasteiger partial charge in [0.25, 0.3) is 0 Å². The molecule has 10 nitrogen and oxygen atoms in total. The van der Waals surface area contributed by atoms with Crippen molar-refractivity contribution in [1.82, 2.24) is 0 Å². The summed E-state index contributed by atoms with van der Waals surface area (Å²) < 4.78 is 16.6. The van der Waals surface area contributed by atoms with Crippen LogP contribution in [0.4, 0.5) is 0 Å². The van der Waals surface area contributed by atoms with Gasteiger partial charge in [-0.1, -0.05) is 0 Å². The first kappa shape index (κ1) is 22.1. The lowest BCUT2D eigenvalue weighted by Gasteiger charge is -2.40. The first-order valence-corrected chi connectivity index (χ1v) is 9.74. The Labute approximate surface area is 181 Å². The summed E-state index contributed by atoms with van der Waals surface area (Å²) in [6.45, 7) is -0.657. The number of benzene rings is 2. The summed E-state index contributed by atoms with van der Waals surface area (Å²) in [5.41, 5.74) is -0.233. The molecule has 3 aromatic rings. The molecule has 0 bridgehead atoms. The Hall–Kier alpha value is -3.15. The average Bonchev–Trinajstić information content (AvgIpc) is 2.78. The van der Waals surface area contributed by atoms with Crippen molar-refractivity contribution >= 4 is 11.0 Å². The van der Waals surface area contributed by atoms with E-state index in [1.54, 1.807) is 12.1 Å². The predicted molar refractivity (Wildman–Crippen MR) is 111 cm³/mol. The lowest BCUT2D eigenvalue weighted by atomic mass is 9.89. The molecule has 1 aromatic heterocycles.